The number of carbonyl (C=O) groups is 2. The van der Waals surface area contributed by atoms with Gasteiger partial charge in [0.1, 0.15) is 11.6 Å². The number of benzene rings is 2. The summed E-state index contributed by atoms with van der Waals surface area (Å²) < 4.78 is 19.8. The molecule has 1 atom stereocenters. The lowest BCUT2D eigenvalue weighted by Crippen LogP contribution is -2.51. The minimum atomic E-state index is -0.661. The number of nitrogens with zero attached hydrogens (tertiary/aromatic N) is 2. The smallest absolute Gasteiger partial charge is 0.309 e. The summed E-state index contributed by atoms with van der Waals surface area (Å²) in [4.78, 5) is 28.9. The predicted molar refractivity (Wildman–Crippen MR) is 132 cm³/mol. The van der Waals surface area contributed by atoms with Gasteiger partial charge in [-0.2, -0.15) is 0 Å². The van der Waals surface area contributed by atoms with Gasteiger partial charge in [-0.1, -0.05) is 42.5 Å². The zero-order chi connectivity index (χ0) is 24.5. The fraction of sp³-hybridized carbons (Fsp3) is 0.333. The number of furan rings is 1. The molecule has 1 aliphatic rings. The van der Waals surface area contributed by atoms with Crippen LogP contribution in [0.15, 0.2) is 77.4 Å². The average Bonchev–Trinajstić information content (AvgIpc) is 3.42. The molecule has 0 spiro atoms. The molecule has 0 bridgehead atoms. The van der Waals surface area contributed by atoms with Crippen molar-refractivity contribution < 1.29 is 18.4 Å². The minimum Gasteiger partial charge on any atom is -0.468 e. The van der Waals surface area contributed by atoms with E-state index in [-0.39, 0.29) is 18.4 Å². The molecular weight excluding hydrogens is 447 g/mol. The summed E-state index contributed by atoms with van der Waals surface area (Å²) in [6.07, 6.45) is 3.19. The zero-order valence-electron chi connectivity index (χ0n) is 19.7. The van der Waals surface area contributed by atoms with Gasteiger partial charge in [0.25, 0.3) is 0 Å². The van der Waals surface area contributed by atoms with Gasteiger partial charge in [-0.25, -0.2) is 4.39 Å². The maximum Gasteiger partial charge on any atom is 0.309 e. The summed E-state index contributed by atoms with van der Waals surface area (Å²) in [5, 5.41) is 5.44. The number of amides is 2. The van der Waals surface area contributed by atoms with Gasteiger partial charge in [0.15, 0.2) is 0 Å². The fourth-order valence-corrected chi connectivity index (χ4v) is 4.36. The van der Waals surface area contributed by atoms with Crippen molar-refractivity contribution in [1.82, 2.24) is 15.5 Å². The molecule has 0 radical (unpaired) electrons. The van der Waals surface area contributed by atoms with Crippen LogP contribution in [-0.4, -0.2) is 56.0 Å². The van der Waals surface area contributed by atoms with Crippen molar-refractivity contribution in [3.63, 3.8) is 0 Å². The lowest BCUT2D eigenvalue weighted by Gasteiger charge is -2.39. The molecule has 1 saturated heterocycles. The highest BCUT2D eigenvalue weighted by Gasteiger charge is 2.28. The van der Waals surface area contributed by atoms with Gasteiger partial charge in [0.2, 0.25) is 0 Å². The topological polar surface area (TPSA) is 77.8 Å². The van der Waals surface area contributed by atoms with E-state index in [0.29, 0.717) is 44.2 Å². The van der Waals surface area contributed by atoms with E-state index in [1.54, 1.807) is 24.5 Å². The summed E-state index contributed by atoms with van der Waals surface area (Å²) in [6.45, 7) is 3.30. The summed E-state index contributed by atoms with van der Waals surface area (Å²) in [7, 11) is 0. The van der Waals surface area contributed by atoms with Crippen LogP contribution >= 0.6 is 0 Å². The van der Waals surface area contributed by atoms with Crippen LogP contribution in [0.4, 0.5) is 10.1 Å². The molecule has 0 saturated carbocycles. The van der Waals surface area contributed by atoms with Crippen molar-refractivity contribution in [3.05, 3.63) is 90.1 Å². The van der Waals surface area contributed by atoms with E-state index in [1.807, 2.05) is 47.4 Å². The molecule has 2 amide bonds. The van der Waals surface area contributed by atoms with E-state index in [4.69, 9.17) is 4.42 Å². The molecule has 184 valence electrons. The predicted octanol–water partition coefficient (Wildman–Crippen LogP) is 3.15. The highest BCUT2D eigenvalue weighted by atomic mass is 19.1. The zero-order valence-corrected chi connectivity index (χ0v) is 19.7. The van der Waals surface area contributed by atoms with Crippen molar-refractivity contribution in [3.8, 4) is 0 Å². The second-order valence-corrected chi connectivity index (χ2v) is 8.56. The van der Waals surface area contributed by atoms with Crippen LogP contribution in [0.5, 0.6) is 0 Å². The van der Waals surface area contributed by atoms with Crippen molar-refractivity contribution >= 4 is 17.5 Å². The monoisotopic (exact) mass is 478 g/mol. The Balaban J connectivity index is 1.26. The molecule has 0 aliphatic carbocycles. The van der Waals surface area contributed by atoms with E-state index in [1.165, 1.54) is 11.6 Å². The van der Waals surface area contributed by atoms with E-state index in [9.17, 15) is 14.0 Å². The quantitative estimate of drug-likeness (QED) is 0.365. The van der Waals surface area contributed by atoms with Crippen molar-refractivity contribution in [2.45, 2.75) is 18.9 Å². The van der Waals surface area contributed by atoms with Crippen LogP contribution in [0, 0.1) is 5.82 Å². The number of nitrogens with one attached hydrogen (secondary N) is 2. The molecule has 1 fully saturated rings. The Hall–Kier alpha value is -3.65. The van der Waals surface area contributed by atoms with Crippen LogP contribution in [-0.2, 0) is 16.0 Å². The Morgan fingerprint density at radius 3 is 2.31 bits per heavy atom. The van der Waals surface area contributed by atoms with Crippen molar-refractivity contribution in [2.24, 2.45) is 0 Å². The Bertz CT molecular complexity index is 1080. The Kier molecular flexibility index (Phi) is 8.51. The van der Waals surface area contributed by atoms with E-state index in [2.05, 4.69) is 15.5 Å². The molecule has 2 heterocycles. The third-order valence-corrected chi connectivity index (χ3v) is 6.25. The molecule has 1 aliphatic heterocycles. The van der Waals surface area contributed by atoms with E-state index >= 15 is 0 Å². The molecule has 7 nitrogen and oxygen atoms in total. The number of para-hydroxylation sites is 1. The Labute approximate surface area is 204 Å². The van der Waals surface area contributed by atoms with Crippen molar-refractivity contribution in [2.75, 3.05) is 44.2 Å². The lowest BCUT2D eigenvalue weighted by molar-refractivity contribution is -0.139. The van der Waals surface area contributed by atoms with Gasteiger partial charge in [-0.05, 0) is 42.7 Å². The number of halogens is 1. The van der Waals surface area contributed by atoms with Gasteiger partial charge in [0.05, 0.1) is 18.0 Å². The van der Waals surface area contributed by atoms with Crippen LogP contribution in [0.25, 0.3) is 0 Å². The fourth-order valence-electron chi connectivity index (χ4n) is 4.36. The molecule has 2 N–H and O–H groups in total. The van der Waals surface area contributed by atoms with Crippen LogP contribution in [0.2, 0.25) is 0 Å². The summed E-state index contributed by atoms with van der Waals surface area (Å²) in [5.41, 5.74) is 1.79. The second kappa shape index (κ2) is 12.2. The number of rotatable bonds is 9. The summed E-state index contributed by atoms with van der Waals surface area (Å²) >= 11 is 0. The van der Waals surface area contributed by atoms with Gasteiger partial charge in [0, 0.05) is 39.3 Å². The van der Waals surface area contributed by atoms with Gasteiger partial charge < -0.3 is 20.0 Å². The number of anilines is 1. The number of hydrogen-bond donors (Lipinski definition) is 2. The standard InChI is InChI=1S/C27H31FN4O3/c28-22-11-4-5-12-23(22)31-15-17-32(18-16-31)24(25-13-7-19-35-25)20-30-27(34)26(33)29-14-6-10-21-8-2-1-3-9-21/h1-5,7-9,11-13,19,24H,6,10,14-18,20H2,(H,29,33)(H,30,34). The van der Waals surface area contributed by atoms with Crippen LogP contribution in [0.3, 0.4) is 0 Å². The number of piperazine rings is 1. The largest absolute Gasteiger partial charge is 0.468 e. The first-order valence-corrected chi connectivity index (χ1v) is 12.0. The van der Waals surface area contributed by atoms with Crippen LogP contribution < -0.4 is 15.5 Å². The van der Waals surface area contributed by atoms with Crippen LogP contribution in [0.1, 0.15) is 23.8 Å². The van der Waals surface area contributed by atoms with Gasteiger partial charge >= 0.3 is 11.8 Å². The number of aryl methyl sites for hydroxylation is 1. The SMILES string of the molecule is O=C(NCCCc1ccccc1)C(=O)NCC(c1ccco1)N1CCN(c2ccccc2F)CC1. The van der Waals surface area contributed by atoms with Gasteiger partial charge in [-0.15, -0.1) is 0 Å². The average molecular weight is 479 g/mol. The van der Waals surface area contributed by atoms with Gasteiger partial charge in [-0.3, -0.25) is 14.5 Å². The molecular formula is C27H31FN4O3. The van der Waals surface area contributed by atoms with Crippen molar-refractivity contribution in [1.29, 1.82) is 0 Å². The maximum absolute atomic E-state index is 14.2. The molecule has 35 heavy (non-hydrogen) atoms. The molecule has 4 rings (SSSR count). The van der Waals surface area contributed by atoms with E-state index < -0.39 is 11.8 Å². The summed E-state index contributed by atoms with van der Waals surface area (Å²) in [6, 6.07) is 20.2. The molecule has 1 aromatic heterocycles. The third-order valence-electron chi connectivity index (χ3n) is 6.25. The molecule has 2 aromatic carbocycles. The first-order valence-electron chi connectivity index (χ1n) is 12.0. The Morgan fingerprint density at radius 1 is 0.886 bits per heavy atom. The molecule has 8 heteroatoms. The number of hydrogen-bond acceptors (Lipinski definition) is 5. The first-order chi connectivity index (χ1) is 17.1. The number of carbonyl (C=O) groups excluding carboxylic acids is 2. The second-order valence-electron chi connectivity index (χ2n) is 8.56. The first kappa shape index (κ1) is 24.5. The van der Waals surface area contributed by atoms with E-state index in [0.717, 1.165) is 12.8 Å². The highest BCUT2D eigenvalue weighted by Crippen LogP contribution is 2.25. The molecule has 1 unspecified atom stereocenters. The Morgan fingerprint density at radius 2 is 1.60 bits per heavy atom. The summed E-state index contributed by atoms with van der Waals surface area (Å²) in [5.74, 6) is -0.814. The highest BCUT2D eigenvalue weighted by molar-refractivity contribution is 6.35. The normalized spacial score (nSPS) is 14.9. The minimum absolute atomic E-state index is 0.220. The maximum atomic E-state index is 14.2. The third kappa shape index (κ3) is 6.70. The lowest BCUT2D eigenvalue weighted by atomic mass is 10.1. The molecule has 3 aromatic rings.